The van der Waals surface area contributed by atoms with Crippen LogP contribution in [0.4, 0.5) is 5.69 Å². The minimum Gasteiger partial charge on any atom is -0.354 e. The highest BCUT2D eigenvalue weighted by atomic mass is 32.2. The Hall–Kier alpha value is -2.87. The Morgan fingerprint density at radius 1 is 1.13 bits per heavy atom. The number of hydrogen-bond acceptors (Lipinski definition) is 4. The van der Waals surface area contributed by atoms with Crippen LogP contribution in [0.25, 0.3) is 0 Å². The van der Waals surface area contributed by atoms with Crippen molar-refractivity contribution in [1.82, 2.24) is 10.2 Å². The monoisotopic (exact) mass is 429 g/mol. The predicted molar refractivity (Wildman–Crippen MR) is 116 cm³/mol. The van der Waals surface area contributed by atoms with Gasteiger partial charge < -0.3 is 10.2 Å². The maximum atomic E-state index is 13.0. The number of rotatable bonds is 7. The van der Waals surface area contributed by atoms with Gasteiger partial charge in [0.1, 0.15) is 6.04 Å². The van der Waals surface area contributed by atoms with E-state index in [0.717, 1.165) is 18.4 Å². The van der Waals surface area contributed by atoms with E-state index in [0.29, 0.717) is 30.8 Å². The molecule has 2 N–H and O–H groups in total. The summed E-state index contributed by atoms with van der Waals surface area (Å²) in [6.45, 7) is 4.93. The van der Waals surface area contributed by atoms with E-state index < -0.39 is 16.1 Å². The molecule has 7 nitrogen and oxygen atoms in total. The van der Waals surface area contributed by atoms with E-state index in [9.17, 15) is 18.0 Å². The zero-order valence-electron chi connectivity index (χ0n) is 17.2. The fourth-order valence-corrected chi connectivity index (χ4v) is 4.51. The number of carbonyl (C=O) groups is 2. The summed E-state index contributed by atoms with van der Waals surface area (Å²) < 4.78 is 27.8. The first-order valence-corrected chi connectivity index (χ1v) is 11.6. The third kappa shape index (κ3) is 4.99. The lowest BCUT2D eigenvalue weighted by atomic mass is 10.1. The molecule has 1 fully saturated rings. The Morgan fingerprint density at radius 2 is 1.87 bits per heavy atom. The van der Waals surface area contributed by atoms with Crippen LogP contribution in [0.2, 0.25) is 0 Å². The van der Waals surface area contributed by atoms with E-state index in [1.54, 1.807) is 35.2 Å². The number of hydrogen-bond donors (Lipinski definition) is 2. The summed E-state index contributed by atoms with van der Waals surface area (Å²) >= 11 is 0. The molecule has 0 unspecified atom stereocenters. The van der Waals surface area contributed by atoms with Gasteiger partial charge in [0.15, 0.2) is 0 Å². The van der Waals surface area contributed by atoms with Crippen molar-refractivity contribution in [1.29, 1.82) is 0 Å². The highest BCUT2D eigenvalue weighted by Gasteiger charge is 2.34. The van der Waals surface area contributed by atoms with E-state index >= 15 is 0 Å². The Bertz CT molecular complexity index is 1020. The smallest absolute Gasteiger partial charge is 0.261 e. The van der Waals surface area contributed by atoms with Gasteiger partial charge in [0.05, 0.1) is 4.90 Å². The number of carbonyl (C=O) groups excluding carboxylic acids is 2. The van der Waals surface area contributed by atoms with Gasteiger partial charge in [-0.05, 0) is 56.5 Å². The molecule has 0 saturated carbocycles. The van der Waals surface area contributed by atoms with Crippen LogP contribution in [-0.4, -0.2) is 44.3 Å². The van der Waals surface area contributed by atoms with Gasteiger partial charge in [0.25, 0.3) is 15.9 Å². The molecular formula is C22H27N3O4S. The second-order valence-corrected chi connectivity index (χ2v) is 9.13. The molecule has 1 saturated heterocycles. The van der Waals surface area contributed by atoms with E-state index in [1.807, 2.05) is 13.8 Å². The molecule has 3 rings (SSSR count). The van der Waals surface area contributed by atoms with Gasteiger partial charge >= 0.3 is 0 Å². The molecule has 0 aliphatic carbocycles. The Kier molecular flexibility index (Phi) is 6.77. The van der Waals surface area contributed by atoms with Crippen LogP contribution in [0.1, 0.15) is 42.1 Å². The van der Waals surface area contributed by atoms with Gasteiger partial charge in [-0.1, -0.05) is 30.7 Å². The first kappa shape index (κ1) is 21.8. The standard InChI is InChI=1S/C22H27N3O4S/c1-3-13-23-21(26)20-8-5-14-25(20)22(27)17-6-4-7-18(15-17)24-30(28,29)19-11-9-16(2)10-12-19/h4,6-7,9-12,15,20,24H,3,5,8,13-14H2,1-2H3,(H,23,26)/t20-/m0/s1. The van der Waals surface area contributed by atoms with E-state index in [4.69, 9.17) is 0 Å². The lowest BCUT2D eigenvalue weighted by molar-refractivity contribution is -0.124. The Labute approximate surface area is 177 Å². The van der Waals surface area contributed by atoms with Gasteiger partial charge in [-0.2, -0.15) is 0 Å². The van der Waals surface area contributed by atoms with Crippen molar-refractivity contribution in [3.63, 3.8) is 0 Å². The molecule has 1 heterocycles. The largest absolute Gasteiger partial charge is 0.354 e. The fourth-order valence-electron chi connectivity index (χ4n) is 3.46. The highest BCUT2D eigenvalue weighted by Crippen LogP contribution is 2.23. The number of anilines is 1. The molecule has 1 aliphatic heterocycles. The number of benzene rings is 2. The molecule has 0 radical (unpaired) electrons. The quantitative estimate of drug-likeness (QED) is 0.707. The second-order valence-electron chi connectivity index (χ2n) is 7.45. The fraction of sp³-hybridized carbons (Fsp3) is 0.364. The van der Waals surface area contributed by atoms with E-state index in [-0.39, 0.29) is 16.7 Å². The van der Waals surface area contributed by atoms with Crippen LogP contribution >= 0.6 is 0 Å². The van der Waals surface area contributed by atoms with Gasteiger partial charge in [0, 0.05) is 24.3 Å². The van der Waals surface area contributed by atoms with Crippen LogP contribution in [0.3, 0.4) is 0 Å². The topological polar surface area (TPSA) is 95.6 Å². The molecule has 160 valence electrons. The molecular weight excluding hydrogens is 402 g/mol. The molecule has 0 spiro atoms. The van der Waals surface area contributed by atoms with Crippen LogP contribution < -0.4 is 10.0 Å². The minimum atomic E-state index is -3.77. The van der Waals surface area contributed by atoms with Gasteiger partial charge in [-0.15, -0.1) is 0 Å². The Balaban J connectivity index is 1.77. The summed E-state index contributed by atoms with van der Waals surface area (Å²) in [6, 6.07) is 12.4. The third-order valence-corrected chi connectivity index (χ3v) is 6.46. The average molecular weight is 430 g/mol. The molecule has 1 atom stereocenters. The van der Waals surface area contributed by atoms with E-state index in [2.05, 4.69) is 10.0 Å². The predicted octanol–water partition coefficient (Wildman–Crippen LogP) is 2.93. The molecule has 0 bridgehead atoms. The molecule has 8 heteroatoms. The van der Waals surface area contributed by atoms with Crippen LogP contribution in [0.15, 0.2) is 53.4 Å². The molecule has 2 aromatic rings. The van der Waals surface area contributed by atoms with Crippen LogP contribution in [0, 0.1) is 6.92 Å². The molecule has 2 amide bonds. The summed E-state index contributed by atoms with van der Waals surface area (Å²) in [5.74, 6) is -0.417. The number of sulfonamides is 1. The van der Waals surface area contributed by atoms with Crippen molar-refractivity contribution in [3.8, 4) is 0 Å². The van der Waals surface area contributed by atoms with Crippen molar-refractivity contribution in [2.75, 3.05) is 17.8 Å². The maximum absolute atomic E-state index is 13.0. The SMILES string of the molecule is CCCNC(=O)[C@@H]1CCCN1C(=O)c1cccc(NS(=O)(=O)c2ccc(C)cc2)c1. The van der Waals surface area contributed by atoms with E-state index in [1.165, 1.54) is 18.2 Å². The Morgan fingerprint density at radius 3 is 2.57 bits per heavy atom. The zero-order valence-corrected chi connectivity index (χ0v) is 18.0. The summed E-state index contributed by atoms with van der Waals surface area (Å²) in [6.07, 6.45) is 2.21. The highest BCUT2D eigenvalue weighted by molar-refractivity contribution is 7.92. The number of nitrogens with zero attached hydrogens (tertiary/aromatic N) is 1. The zero-order chi connectivity index (χ0) is 21.7. The van der Waals surface area contributed by atoms with Crippen molar-refractivity contribution in [2.24, 2.45) is 0 Å². The molecule has 1 aliphatic rings. The van der Waals surface area contributed by atoms with Crippen molar-refractivity contribution in [2.45, 2.75) is 44.0 Å². The van der Waals surface area contributed by atoms with Crippen molar-refractivity contribution >= 4 is 27.5 Å². The number of nitrogens with one attached hydrogen (secondary N) is 2. The number of likely N-dealkylation sites (tertiary alicyclic amines) is 1. The van der Waals surface area contributed by atoms with Crippen molar-refractivity contribution < 1.29 is 18.0 Å². The van der Waals surface area contributed by atoms with Crippen LogP contribution in [-0.2, 0) is 14.8 Å². The maximum Gasteiger partial charge on any atom is 0.261 e. The molecule has 0 aromatic heterocycles. The summed E-state index contributed by atoms with van der Waals surface area (Å²) in [5.41, 5.74) is 1.60. The van der Waals surface area contributed by atoms with Crippen molar-refractivity contribution in [3.05, 3.63) is 59.7 Å². The number of amides is 2. The summed E-state index contributed by atoms with van der Waals surface area (Å²) in [7, 11) is -3.77. The normalized spacial score (nSPS) is 16.3. The average Bonchev–Trinajstić information content (AvgIpc) is 3.21. The van der Waals surface area contributed by atoms with Crippen LogP contribution in [0.5, 0.6) is 0 Å². The van der Waals surface area contributed by atoms with Gasteiger partial charge in [0.2, 0.25) is 5.91 Å². The molecule has 30 heavy (non-hydrogen) atoms. The van der Waals surface area contributed by atoms with Gasteiger partial charge in [-0.25, -0.2) is 8.42 Å². The lowest BCUT2D eigenvalue weighted by Crippen LogP contribution is -2.46. The summed E-state index contributed by atoms with van der Waals surface area (Å²) in [5, 5.41) is 2.85. The third-order valence-electron chi connectivity index (χ3n) is 5.06. The first-order chi connectivity index (χ1) is 14.3. The summed E-state index contributed by atoms with van der Waals surface area (Å²) in [4.78, 5) is 27.1. The number of aryl methyl sites for hydroxylation is 1. The minimum absolute atomic E-state index is 0.140. The first-order valence-electron chi connectivity index (χ1n) is 10.1. The second kappa shape index (κ2) is 9.30. The lowest BCUT2D eigenvalue weighted by Gasteiger charge is -2.24. The van der Waals surface area contributed by atoms with Gasteiger partial charge in [-0.3, -0.25) is 14.3 Å². The molecule has 2 aromatic carbocycles.